The molecule has 10 heavy (non-hydrogen) atoms. The third-order valence-electron chi connectivity index (χ3n) is 1.00. The van der Waals surface area contributed by atoms with Gasteiger partial charge < -0.3 is 0 Å². The van der Waals surface area contributed by atoms with Crippen LogP contribution < -0.4 is 0 Å². The molecule has 56 valence electrons. The minimum atomic E-state index is -0.986. The number of rotatable bonds is 3. The Morgan fingerprint density at radius 2 is 2.50 bits per heavy atom. The van der Waals surface area contributed by atoms with E-state index in [0.29, 0.717) is 0 Å². The summed E-state index contributed by atoms with van der Waals surface area (Å²) in [6.07, 6.45) is 2.05. The third kappa shape index (κ3) is 6.58. The molecule has 0 saturated heterocycles. The SMILES string of the molecule is C[CH-][C](C)=[Th]=[CH]C[N+](=O)[O-]. The molecule has 0 N–H and O–H groups in total. The second-order valence-corrected chi connectivity index (χ2v) is 7.94. The number of nitro groups is 1. The molecule has 0 aliphatic carbocycles. The summed E-state index contributed by atoms with van der Waals surface area (Å²) in [6, 6.07) is 0. The average Bonchev–Trinajstić information content (AvgIpc) is 1.87. The summed E-state index contributed by atoms with van der Waals surface area (Å²) in [6.45, 7) is 4.08. The quantitative estimate of drug-likeness (QED) is 0.420. The topological polar surface area (TPSA) is 43.1 Å². The van der Waals surface area contributed by atoms with Gasteiger partial charge >= 0.3 is 79.7 Å². The third-order valence-corrected chi connectivity index (χ3v) is 5.65. The molecule has 0 bridgehead atoms. The van der Waals surface area contributed by atoms with Gasteiger partial charge in [0, 0.05) is 0 Å². The molecular weight excluding hydrogens is 350 g/mol. The normalized spacial score (nSPS) is 8.20. The Labute approximate surface area is 79.0 Å². The van der Waals surface area contributed by atoms with Gasteiger partial charge in [0.2, 0.25) is 0 Å². The van der Waals surface area contributed by atoms with E-state index in [-0.39, 0.29) is 11.5 Å². The summed E-state index contributed by atoms with van der Waals surface area (Å²) >= 11 is -0.986. The van der Waals surface area contributed by atoms with Crippen molar-refractivity contribution in [3.05, 3.63) is 16.5 Å². The van der Waals surface area contributed by atoms with E-state index in [1.165, 1.54) is 1.26 Å². The van der Waals surface area contributed by atoms with Crippen molar-refractivity contribution in [3.63, 3.8) is 0 Å². The van der Waals surface area contributed by atoms with Gasteiger partial charge in [-0.3, -0.25) is 0 Å². The first-order chi connectivity index (χ1) is 4.66. The molecule has 0 aromatic rings. The van der Waals surface area contributed by atoms with Gasteiger partial charge in [0.1, 0.15) is 0 Å². The fraction of sp³-hybridized carbons (Fsp3) is 0.500. The van der Waals surface area contributed by atoms with Gasteiger partial charge in [-0.05, 0) is 0 Å². The van der Waals surface area contributed by atoms with E-state index >= 15 is 0 Å². The Morgan fingerprint density at radius 3 is 2.90 bits per heavy atom. The molecule has 0 aromatic heterocycles. The summed E-state index contributed by atoms with van der Waals surface area (Å²) in [7, 11) is 0. The van der Waals surface area contributed by atoms with Gasteiger partial charge in [-0.25, -0.2) is 0 Å². The standard InChI is InChI=1S/C4H7.C2H3NO2.Th/c1-3-4-2;1-2-3(4)5;/h3H,1-2H3;1H,2H2;/q-1;;. The molecule has 3 nitrogen and oxygen atoms in total. The van der Waals surface area contributed by atoms with Crippen molar-refractivity contribution in [2.75, 3.05) is 6.54 Å². The second-order valence-electron chi connectivity index (χ2n) is 1.84. The van der Waals surface area contributed by atoms with E-state index in [4.69, 9.17) is 0 Å². The number of hydrogen-bond acceptors (Lipinski definition) is 2. The molecule has 0 amide bonds. The van der Waals surface area contributed by atoms with Gasteiger partial charge in [-0.1, -0.05) is 0 Å². The van der Waals surface area contributed by atoms with Crippen molar-refractivity contribution >= 4 is 3.03 Å². The first-order valence-electron chi connectivity index (χ1n) is 2.99. The van der Waals surface area contributed by atoms with E-state index < -0.39 is 34.8 Å². The van der Waals surface area contributed by atoms with Crippen LogP contribution in [0.5, 0.6) is 0 Å². The number of hydrogen-bond donors (Lipinski definition) is 0. The fourth-order valence-electron chi connectivity index (χ4n) is 0.365. The Morgan fingerprint density at radius 1 is 1.90 bits per heavy atom. The molecule has 0 fully saturated rings. The number of nitrogens with zero attached hydrogens (tertiary/aromatic N) is 1. The molecule has 4 heteroatoms. The molecule has 0 atom stereocenters. The Bertz CT molecular complexity index is 182. The summed E-state index contributed by atoms with van der Waals surface area (Å²) in [5.74, 6) is 0. The van der Waals surface area contributed by atoms with Crippen LogP contribution in [0.2, 0.25) is 0 Å². The van der Waals surface area contributed by atoms with Crippen LogP contribution in [0, 0.1) is 51.4 Å². The Kier molecular flexibility index (Phi) is 6.48. The predicted molar refractivity (Wildman–Crippen MR) is 38.6 cm³/mol. The zero-order valence-corrected chi connectivity index (χ0v) is 10.2. The molecule has 0 radical (unpaired) electrons. The van der Waals surface area contributed by atoms with Crippen LogP contribution in [-0.4, -0.2) is 14.5 Å². The molecule has 0 saturated carbocycles. The van der Waals surface area contributed by atoms with E-state index in [0.717, 1.165) is 0 Å². The molecule has 0 aromatic carbocycles. The van der Waals surface area contributed by atoms with Crippen molar-refractivity contribution in [2.24, 2.45) is 0 Å². The second kappa shape index (κ2) is 6.19. The first kappa shape index (κ1) is 10.5. The van der Waals surface area contributed by atoms with Crippen LogP contribution in [0.3, 0.4) is 0 Å². The minimum absolute atomic E-state index is 0.0564. The van der Waals surface area contributed by atoms with Crippen LogP contribution in [0.25, 0.3) is 0 Å². The van der Waals surface area contributed by atoms with Crippen molar-refractivity contribution in [1.82, 2.24) is 0 Å². The molecule has 0 unspecified atom stereocenters. The zero-order chi connectivity index (χ0) is 7.98. The molecular formula is C6H10NO2Th-. The van der Waals surface area contributed by atoms with Gasteiger partial charge in [0.05, 0.1) is 0 Å². The summed E-state index contributed by atoms with van der Waals surface area (Å²) in [5, 5.41) is 9.86. The maximum atomic E-state index is 9.86. The first-order valence-corrected chi connectivity index (χ1v) is 7.42. The van der Waals surface area contributed by atoms with Crippen LogP contribution in [0.15, 0.2) is 0 Å². The van der Waals surface area contributed by atoms with Crippen molar-refractivity contribution < 1.29 is 39.7 Å². The van der Waals surface area contributed by atoms with E-state index in [1.807, 2.05) is 22.0 Å². The van der Waals surface area contributed by atoms with Crippen LogP contribution >= 0.6 is 0 Å². The van der Waals surface area contributed by atoms with E-state index in [1.54, 1.807) is 0 Å². The van der Waals surface area contributed by atoms with Crippen LogP contribution in [-0.2, 0) is 0 Å². The van der Waals surface area contributed by atoms with E-state index in [9.17, 15) is 10.1 Å². The maximum absolute atomic E-state index is 9.86. The van der Waals surface area contributed by atoms with Crippen LogP contribution in [0.4, 0.5) is 0 Å². The fourth-order valence-corrected chi connectivity index (χ4v) is 3.36. The Hall–Kier alpha value is 0.465. The average molecular weight is 360 g/mol. The molecule has 0 heterocycles. The van der Waals surface area contributed by atoms with Gasteiger partial charge in [0.25, 0.3) is 0 Å². The summed E-state index contributed by atoms with van der Waals surface area (Å²) < 4.78 is 3.25. The van der Waals surface area contributed by atoms with Gasteiger partial charge in [0.15, 0.2) is 0 Å². The van der Waals surface area contributed by atoms with Crippen molar-refractivity contribution in [3.8, 4) is 0 Å². The van der Waals surface area contributed by atoms with Gasteiger partial charge in [-0.2, -0.15) is 0 Å². The zero-order valence-electron chi connectivity index (χ0n) is 6.13. The molecule has 0 aliphatic heterocycles. The monoisotopic (exact) mass is 360 g/mol. The summed E-state index contributed by atoms with van der Waals surface area (Å²) in [5.41, 5.74) is 0. The van der Waals surface area contributed by atoms with E-state index in [2.05, 4.69) is 0 Å². The molecule has 0 rings (SSSR count). The summed E-state index contributed by atoms with van der Waals surface area (Å²) in [4.78, 5) is 9.58. The van der Waals surface area contributed by atoms with Crippen molar-refractivity contribution in [2.45, 2.75) is 13.8 Å². The van der Waals surface area contributed by atoms with Gasteiger partial charge in [-0.15, -0.1) is 0 Å². The van der Waals surface area contributed by atoms with Crippen molar-refractivity contribution in [1.29, 1.82) is 0 Å². The molecule has 0 aliphatic rings. The molecule has 0 spiro atoms. The Balaban J connectivity index is 3.85. The predicted octanol–water partition coefficient (Wildman–Crippen LogP) is 0.567. The van der Waals surface area contributed by atoms with Crippen LogP contribution in [0.1, 0.15) is 13.8 Å².